The molecule has 0 aliphatic carbocycles. The first-order chi connectivity index (χ1) is 14.2. The third kappa shape index (κ3) is 1.35. The Balaban J connectivity index is 1.79. The lowest BCUT2D eigenvalue weighted by molar-refractivity contribution is 0.605. The SMILES string of the molecule is O=c1c2sc3c4c(ccc(c24)c2[nH]c4occc4n12)c(=O)n1c2ccoc2[nH]c31. The highest BCUT2D eigenvalue weighted by Crippen LogP contribution is 2.41. The Labute approximate surface area is 161 Å². The van der Waals surface area contributed by atoms with E-state index in [2.05, 4.69) is 9.97 Å². The van der Waals surface area contributed by atoms with Crippen molar-refractivity contribution in [1.29, 1.82) is 0 Å². The van der Waals surface area contributed by atoms with Gasteiger partial charge in [-0.05, 0) is 12.1 Å². The van der Waals surface area contributed by atoms with Crippen molar-refractivity contribution in [2.45, 2.75) is 0 Å². The zero-order valence-corrected chi connectivity index (χ0v) is 15.2. The van der Waals surface area contributed by atoms with Crippen LogP contribution in [0.1, 0.15) is 0 Å². The zero-order valence-electron chi connectivity index (χ0n) is 14.4. The maximum Gasteiger partial charge on any atom is 0.274 e. The van der Waals surface area contributed by atoms with E-state index in [4.69, 9.17) is 8.83 Å². The number of thiophene rings is 1. The minimum atomic E-state index is -0.137. The van der Waals surface area contributed by atoms with Gasteiger partial charge in [0.25, 0.3) is 11.1 Å². The van der Waals surface area contributed by atoms with Crippen LogP contribution in [0.3, 0.4) is 0 Å². The molecule has 0 aliphatic heterocycles. The molecule has 8 nitrogen and oxygen atoms in total. The Hall–Kier alpha value is -3.98. The summed E-state index contributed by atoms with van der Waals surface area (Å²) >= 11 is 1.39. The number of imidazole rings is 2. The van der Waals surface area contributed by atoms with Gasteiger partial charge in [-0.15, -0.1) is 11.3 Å². The Morgan fingerprint density at radius 1 is 0.724 bits per heavy atom. The predicted octanol–water partition coefficient (Wildman–Crippen LogP) is 4.02. The summed E-state index contributed by atoms with van der Waals surface area (Å²) in [5.41, 5.74) is 3.50. The first-order valence-electron chi connectivity index (χ1n) is 8.94. The highest BCUT2D eigenvalue weighted by Gasteiger charge is 2.24. The number of nitrogens with one attached hydrogen (secondary N) is 2. The molecule has 1 aromatic carbocycles. The van der Waals surface area contributed by atoms with E-state index in [-0.39, 0.29) is 11.1 Å². The van der Waals surface area contributed by atoms with E-state index in [0.717, 1.165) is 20.9 Å². The van der Waals surface area contributed by atoms with Crippen LogP contribution in [0, 0.1) is 0 Å². The van der Waals surface area contributed by atoms with E-state index in [9.17, 15) is 9.59 Å². The summed E-state index contributed by atoms with van der Waals surface area (Å²) in [5.74, 6) is 0. The second-order valence-electron chi connectivity index (χ2n) is 7.17. The van der Waals surface area contributed by atoms with Crippen LogP contribution in [0.15, 0.2) is 55.2 Å². The molecule has 0 unspecified atom stereocenters. The predicted molar refractivity (Wildman–Crippen MR) is 111 cm³/mol. The molecule has 138 valence electrons. The number of pyridine rings is 2. The monoisotopic (exact) mass is 400 g/mol. The molecular weight excluding hydrogens is 392 g/mol. The fraction of sp³-hybridized carbons (Fsp3) is 0. The number of hydrogen-bond donors (Lipinski definition) is 2. The van der Waals surface area contributed by atoms with E-state index >= 15 is 0 Å². The summed E-state index contributed by atoms with van der Waals surface area (Å²) in [6.07, 6.45) is 3.10. The summed E-state index contributed by atoms with van der Waals surface area (Å²) in [6.45, 7) is 0. The number of benzene rings is 1. The molecule has 8 rings (SSSR count). The molecule has 7 heterocycles. The molecule has 7 aromatic heterocycles. The van der Waals surface area contributed by atoms with Crippen LogP contribution in [0.4, 0.5) is 0 Å². The second kappa shape index (κ2) is 4.20. The van der Waals surface area contributed by atoms with Gasteiger partial charge in [-0.1, -0.05) is 0 Å². The van der Waals surface area contributed by atoms with E-state index in [1.54, 1.807) is 33.5 Å². The molecule has 2 N–H and O–H groups in total. The first kappa shape index (κ1) is 14.1. The van der Waals surface area contributed by atoms with Gasteiger partial charge in [0.1, 0.15) is 27.0 Å². The molecule has 9 heteroatoms. The number of furan rings is 2. The van der Waals surface area contributed by atoms with Crippen LogP contribution in [0.5, 0.6) is 0 Å². The smallest absolute Gasteiger partial charge is 0.274 e. The zero-order chi connectivity index (χ0) is 19.0. The molecule has 0 radical (unpaired) electrons. The van der Waals surface area contributed by atoms with Gasteiger partial charge in [-0.3, -0.25) is 18.4 Å². The quantitative estimate of drug-likeness (QED) is 0.376. The Bertz CT molecular complexity index is 2070. The Morgan fingerprint density at radius 2 is 1.34 bits per heavy atom. The van der Waals surface area contributed by atoms with Gasteiger partial charge in [-0.25, -0.2) is 0 Å². The highest BCUT2D eigenvalue weighted by molar-refractivity contribution is 7.26. The third-order valence-electron chi connectivity index (χ3n) is 5.85. The van der Waals surface area contributed by atoms with Crippen molar-refractivity contribution in [1.82, 2.24) is 18.8 Å². The summed E-state index contributed by atoms with van der Waals surface area (Å²) in [5, 5.41) is 3.07. The van der Waals surface area contributed by atoms with Crippen LogP contribution in [0.25, 0.3) is 64.7 Å². The fourth-order valence-corrected chi connectivity index (χ4v) is 5.92. The van der Waals surface area contributed by atoms with Crippen molar-refractivity contribution in [3.05, 3.63) is 57.5 Å². The molecule has 0 bridgehead atoms. The summed E-state index contributed by atoms with van der Waals surface area (Å²) in [4.78, 5) is 33.2. The standard InChI is InChI=1S/C20H8N4O4S/c25-19-8-2-1-7-11-12(8)13(16-22-18-10(24(16)19)4-6-28-18)29-14(11)20(26)23-9-3-5-27-17(9)21-15(7)23/h1-6,21-22H. The van der Waals surface area contributed by atoms with Crippen LogP contribution < -0.4 is 11.1 Å². The summed E-state index contributed by atoms with van der Waals surface area (Å²) in [7, 11) is 0. The van der Waals surface area contributed by atoms with Crippen molar-refractivity contribution >= 4 is 76.0 Å². The molecule has 0 fully saturated rings. The van der Waals surface area contributed by atoms with Gasteiger partial charge in [0.15, 0.2) is 0 Å². The minimum absolute atomic E-state index is 0.130. The third-order valence-corrected chi connectivity index (χ3v) is 7.03. The number of aromatic nitrogens is 4. The van der Waals surface area contributed by atoms with E-state index in [1.165, 1.54) is 11.3 Å². The largest absolute Gasteiger partial charge is 0.446 e. The van der Waals surface area contributed by atoms with Crippen LogP contribution in [-0.2, 0) is 0 Å². The Morgan fingerprint density at radius 3 is 2.10 bits per heavy atom. The number of rotatable bonds is 0. The fourth-order valence-electron chi connectivity index (χ4n) is 4.67. The number of nitrogens with zero attached hydrogens (tertiary/aromatic N) is 2. The van der Waals surface area contributed by atoms with Gasteiger partial charge in [0, 0.05) is 33.7 Å². The summed E-state index contributed by atoms with van der Waals surface area (Å²) in [6, 6.07) is 7.26. The molecule has 0 spiro atoms. The maximum absolute atomic E-state index is 13.4. The van der Waals surface area contributed by atoms with Gasteiger partial charge in [-0.2, -0.15) is 0 Å². The molecule has 0 saturated heterocycles. The first-order valence-corrected chi connectivity index (χ1v) is 9.76. The van der Waals surface area contributed by atoms with Crippen LogP contribution in [-0.4, -0.2) is 18.8 Å². The average Bonchev–Trinajstić information content (AvgIpc) is 3.48. The molecule has 0 saturated carbocycles. The number of H-pyrrole nitrogens is 2. The van der Waals surface area contributed by atoms with Crippen molar-refractivity contribution in [3.8, 4) is 0 Å². The summed E-state index contributed by atoms with van der Waals surface area (Å²) < 4.78 is 15.7. The topological polar surface area (TPSA) is 101 Å². The van der Waals surface area contributed by atoms with Gasteiger partial charge in [0.05, 0.1) is 17.2 Å². The lowest BCUT2D eigenvalue weighted by Gasteiger charge is -2.05. The molecule has 0 amide bonds. The molecule has 0 atom stereocenters. The number of aromatic amines is 2. The van der Waals surface area contributed by atoms with E-state index < -0.39 is 0 Å². The highest BCUT2D eigenvalue weighted by atomic mass is 32.1. The molecule has 29 heavy (non-hydrogen) atoms. The van der Waals surface area contributed by atoms with Gasteiger partial charge >= 0.3 is 0 Å². The van der Waals surface area contributed by atoms with Crippen LogP contribution in [0.2, 0.25) is 0 Å². The van der Waals surface area contributed by atoms with E-state index in [0.29, 0.717) is 43.8 Å². The van der Waals surface area contributed by atoms with Crippen LogP contribution >= 0.6 is 11.3 Å². The van der Waals surface area contributed by atoms with Crippen molar-refractivity contribution in [2.24, 2.45) is 0 Å². The number of fused-ring (bicyclic) bond motifs is 8. The number of hydrogen-bond acceptors (Lipinski definition) is 5. The van der Waals surface area contributed by atoms with Crippen molar-refractivity contribution in [3.63, 3.8) is 0 Å². The normalized spacial score (nSPS) is 13.1. The second-order valence-corrected chi connectivity index (χ2v) is 8.19. The molecular formula is C20H8N4O4S. The average molecular weight is 400 g/mol. The van der Waals surface area contributed by atoms with E-state index in [1.807, 2.05) is 12.1 Å². The van der Waals surface area contributed by atoms with Crippen molar-refractivity contribution in [2.75, 3.05) is 0 Å². The molecule has 8 aromatic rings. The lowest BCUT2D eigenvalue weighted by atomic mass is 10.0. The maximum atomic E-state index is 13.4. The lowest BCUT2D eigenvalue weighted by Crippen LogP contribution is -2.13. The van der Waals surface area contributed by atoms with Gasteiger partial charge < -0.3 is 18.8 Å². The minimum Gasteiger partial charge on any atom is -0.446 e. The Kier molecular flexibility index (Phi) is 2.04. The van der Waals surface area contributed by atoms with Crippen molar-refractivity contribution < 1.29 is 8.83 Å². The molecule has 0 aliphatic rings. The van der Waals surface area contributed by atoms with Gasteiger partial charge in [0.2, 0.25) is 11.4 Å².